The zero-order valence-corrected chi connectivity index (χ0v) is 23.9. The first kappa shape index (κ1) is 26.9. The molecule has 4 aliphatic heterocycles. The van der Waals surface area contributed by atoms with Crippen LogP contribution in [0, 0.1) is 0 Å². The maximum absolute atomic E-state index is 14.5. The van der Waals surface area contributed by atoms with Crippen molar-refractivity contribution in [3.05, 3.63) is 24.3 Å². The number of quaternary nitrogens is 2. The van der Waals surface area contributed by atoms with Gasteiger partial charge in [-0.1, -0.05) is 31.4 Å². The average Bonchev–Trinajstić information content (AvgIpc) is 3.07. The molecule has 212 valence electrons. The third-order valence-corrected chi connectivity index (χ3v) is 11.3. The highest BCUT2D eigenvalue weighted by Gasteiger charge is 2.61. The van der Waals surface area contributed by atoms with E-state index in [2.05, 4.69) is 37.2 Å². The number of hydrogen-bond acceptors (Lipinski definition) is 5. The molecule has 3 atom stereocenters. The van der Waals surface area contributed by atoms with Gasteiger partial charge in [0.25, 0.3) is 0 Å². The summed E-state index contributed by atoms with van der Waals surface area (Å²) >= 11 is 0. The second-order valence-corrected chi connectivity index (χ2v) is 13.2. The number of para-hydroxylation sites is 2. The molecule has 1 aromatic carbocycles. The fourth-order valence-electron chi connectivity index (χ4n) is 8.97. The van der Waals surface area contributed by atoms with Crippen LogP contribution in [-0.4, -0.2) is 108 Å². The number of hydrogen-bond donors (Lipinski definition) is 1. The topological polar surface area (TPSA) is 73.2 Å². The van der Waals surface area contributed by atoms with Gasteiger partial charge in [-0.05, 0) is 31.7 Å². The van der Waals surface area contributed by atoms with Crippen LogP contribution in [0.1, 0.15) is 70.6 Å². The summed E-state index contributed by atoms with van der Waals surface area (Å²) in [6.07, 6.45) is 14.4. The molecule has 1 saturated carbocycles. The highest BCUT2D eigenvalue weighted by Crippen LogP contribution is 2.50. The molecule has 0 spiro atoms. The summed E-state index contributed by atoms with van der Waals surface area (Å²) in [5.74, 6) is -0.113. The van der Waals surface area contributed by atoms with Gasteiger partial charge in [-0.2, -0.15) is 0 Å². The third-order valence-electron chi connectivity index (χ3n) is 11.3. The van der Waals surface area contributed by atoms with Crippen LogP contribution in [0.2, 0.25) is 0 Å². The Kier molecular flexibility index (Phi) is 7.31. The maximum Gasteiger partial charge on any atom is 0.386 e. The van der Waals surface area contributed by atoms with Gasteiger partial charge in [0.05, 0.1) is 51.6 Å². The van der Waals surface area contributed by atoms with Crippen LogP contribution in [-0.2, 0) is 9.59 Å². The van der Waals surface area contributed by atoms with Crippen LogP contribution in [0.3, 0.4) is 0 Å². The Morgan fingerprint density at radius 3 is 2.13 bits per heavy atom. The number of amidine groups is 1. The molecule has 6 rings (SSSR count). The van der Waals surface area contributed by atoms with E-state index in [9.17, 15) is 14.7 Å². The number of carboxylic acid groups (broad SMARTS) is 1. The largest absolute Gasteiger partial charge is 0.480 e. The molecule has 3 unspecified atom stereocenters. The summed E-state index contributed by atoms with van der Waals surface area (Å²) in [4.78, 5) is 34.7. The molecule has 8 nitrogen and oxygen atoms in total. The summed E-state index contributed by atoms with van der Waals surface area (Å²) in [6.45, 7) is 2.58. The van der Waals surface area contributed by atoms with E-state index in [-0.39, 0.29) is 18.5 Å². The van der Waals surface area contributed by atoms with E-state index in [1.807, 2.05) is 11.0 Å². The van der Waals surface area contributed by atoms with Gasteiger partial charge in [0.2, 0.25) is 5.84 Å². The number of aliphatic imine (C=N–C) groups is 1. The molecule has 0 aromatic heterocycles. The maximum atomic E-state index is 14.5. The lowest BCUT2D eigenvalue weighted by atomic mass is 9.85. The first-order valence-electron chi connectivity index (χ1n) is 15.5. The van der Waals surface area contributed by atoms with Gasteiger partial charge in [-0.3, -0.25) is 9.69 Å². The van der Waals surface area contributed by atoms with Crippen molar-refractivity contribution in [3.8, 4) is 0 Å². The summed E-state index contributed by atoms with van der Waals surface area (Å²) in [5, 5.41) is 9.20. The fraction of sp³-hybridized carbons (Fsp3) is 0.710. The summed E-state index contributed by atoms with van der Waals surface area (Å²) in [6, 6.07) is 10.6. The van der Waals surface area contributed by atoms with E-state index in [4.69, 9.17) is 4.99 Å². The van der Waals surface area contributed by atoms with E-state index in [0.29, 0.717) is 48.6 Å². The second-order valence-electron chi connectivity index (χ2n) is 13.2. The van der Waals surface area contributed by atoms with E-state index >= 15 is 0 Å². The van der Waals surface area contributed by atoms with Crippen LogP contribution in [0.5, 0.6) is 0 Å². The van der Waals surface area contributed by atoms with Crippen molar-refractivity contribution in [2.75, 3.05) is 46.8 Å². The number of amides is 1. The number of piperazine rings is 1. The molecule has 4 fully saturated rings. The fourth-order valence-corrected chi connectivity index (χ4v) is 8.97. The number of piperidine rings is 1. The first-order chi connectivity index (χ1) is 18.8. The highest BCUT2D eigenvalue weighted by molar-refractivity contribution is 6.42. The summed E-state index contributed by atoms with van der Waals surface area (Å²) in [7, 11) is 4.73. The smallest absolute Gasteiger partial charge is 0.386 e. The Morgan fingerprint density at radius 2 is 1.49 bits per heavy atom. The van der Waals surface area contributed by atoms with Gasteiger partial charge < -0.3 is 14.5 Å². The second kappa shape index (κ2) is 10.6. The van der Waals surface area contributed by atoms with Gasteiger partial charge in [0.15, 0.2) is 5.69 Å². The van der Waals surface area contributed by atoms with Crippen LogP contribution < -0.4 is 4.48 Å². The lowest BCUT2D eigenvalue weighted by Gasteiger charge is -2.54. The van der Waals surface area contributed by atoms with Gasteiger partial charge in [-0.15, -0.1) is 0 Å². The average molecular weight is 538 g/mol. The molecule has 5 aliphatic rings. The Labute approximate surface area is 233 Å². The standard InChI is InChI=1S/C31H46N5O3/c1-35(23-10-6-4-3-5-7-11-23)24-14-15-25(35)21-26(20-24)36(2)28-13-9-8-12-27(28)32-30(31(36)39)34-18-16-33(17-19-34)22-29(37)38/h8-9,12-13,23-26H,3-7,10-11,14-22H2,1-2H3/q+1/p+1. The number of carboxylic acids is 1. The van der Waals surface area contributed by atoms with Crippen molar-refractivity contribution in [1.82, 2.24) is 14.3 Å². The quantitative estimate of drug-likeness (QED) is 0.585. The molecule has 1 aliphatic carbocycles. The van der Waals surface area contributed by atoms with Crippen LogP contribution in [0.15, 0.2) is 29.3 Å². The van der Waals surface area contributed by atoms with Crippen LogP contribution in [0.25, 0.3) is 0 Å². The molecule has 3 saturated heterocycles. The van der Waals surface area contributed by atoms with E-state index in [1.165, 1.54) is 62.3 Å². The SMILES string of the molecule is C[N+]1(C2CC3CCC(C2)[N+]3(C)C2CCCCCCC2)C(=O)C(N2CCN(CC(=O)O)CC2)=Nc2ccccc21. The van der Waals surface area contributed by atoms with Crippen LogP contribution in [0.4, 0.5) is 11.4 Å². The number of rotatable bonds is 4. The zero-order chi connectivity index (χ0) is 27.2. The van der Waals surface area contributed by atoms with Crippen molar-refractivity contribution >= 4 is 29.1 Å². The molecule has 1 aromatic rings. The van der Waals surface area contributed by atoms with Gasteiger partial charge >= 0.3 is 11.9 Å². The highest BCUT2D eigenvalue weighted by atomic mass is 16.4. The van der Waals surface area contributed by atoms with Crippen molar-refractivity contribution in [1.29, 1.82) is 0 Å². The van der Waals surface area contributed by atoms with Crippen molar-refractivity contribution < 1.29 is 19.2 Å². The van der Waals surface area contributed by atoms with Gasteiger partial charge in [0.1, 0.15) is 11.7 Å². The Bertz CT molecular complexity index is 1110. The molecule has 4 heterocycles. The molecule has 2 bridgehead atoms. The molecular formula is C31H47N5O3+2. The monoisotopic (exact) mass is 537 g/mol. The number of carbonyl (C=O) groups is 2. The minimum absolute atomic E-state index is 0.0493. The number of benzene rings is 1. The minimum Gasteiger partial charge on any atom is -0.480 e. The molecule has 39 heavy (non-hydrogen) atoms. The number of fused-ring (bicyclic) bond motifs is 3. The Morgan fingerprint density at radius 1 is 0.872 bits per heavy atom. The lowest BCUT2D eigenvalue weighted by Crippen LogP contribution is -2.71. The van der Waals surface area contributed by atoms with Gasteiger partial charge in [-0.25, -0.2) is 14.3 Å². The predicted octanol–water partition coefficient (Wildman–Crippen LogP) is 4.15. The van der Waals surface area contributed by atoms with E-state index in [0.717, 1.165) is 30.3 Å². The first-order valence-corrected chi connectivity index (χ1v) is 15.5. The molecule has 0 radical (unpaired) electrons. The van der Waals surface area contributed by atoms with Crippen molar-refractivity contribution in [2.45, 2.75) is 94.8 Å². The number of aliphatic carboxylic acids is 1. The number of likely N-dealkylation sites (N-methyl/N-ethyl adjacent to an activating group) is 1. The Hall–Kier alpha value is -2.29. The molecule has 1 N–H and O–H groups in total. The lowest BCUT2D eigenvalue weighted by molar-refractivity contribution is -0.971. The van der Waals surface area contributed by atoms with Gasteiger partial charge in [0, 0.05) is 45.1 Å². The van der Waals surface area contributed by atoms with E-state index in [1.54, 1.807) is 0 Å². The van der Waals surface area contributed by atoms with Crippen molar-refractivity contribution in [3.63, 3.8) is 0 Å². The van der Waals surface area contributed by atoms with Crippen LogP contribution >= 0.6 is 0 Å². The molecular weight excluding hydrogens is 490 g/mol. The van der Waals surface area contributed by atoms with Crippen molar-refractivity contribution in [2.24, 2.45) is 4.99 Å². The normalized spacial score (nSPS) is 36.2. The Balaban J connectivity index is 1.26. The molecule has 1 amide bonds. The number of carbonyl (C=O) groups excluding carboxylic acids is 1. The molecule has 8 heteroatoms. The zero-order valence-electron chi connectivity index (χ0n) is 23.9. The minimum atomic E-state index is -0.801. The van der Waals surface area contributed by atoms with E-state index < -0.39 is 5.97 Å². The number of nitrogens with zero attached hydrogens (tertiary/aromatic N) is 5. The predicted molar refractivity (Wildman–Crippen MR) is 154 cm³/mol. The summed E-state index contributed by atoms with van der Waals surface area (Å²) < 4.78 is 1.57. The third kappa shape index (κ3) is 4.62. The summed E-state index contributed by atoms with van der Waals surface area (Å²) in [5.41, 5.74) is 1.96.